The molecule has 0 aromatic carbocycles. The van der Waals surface area contributed by atoms with E-state index in [0.29, 0.717) is 25.6 Å². The molecule has 1 aliphatic carbocycles. The van der Waals surface area contributed by atoms with Gasteiger partial charge in [0.2, 0.25) is 11.8 Å². The van der Waals surface area contributed by atoms with E-state index in [9.17, 15) is 9.59 Å². The van der Waals surface area contributed by atoms with Gasteiger partial charge in [0, 0.05) is 19.0 Å². The quantitative estimate of drug-likeness (QED) is 0.733. The maximum Gasteiger partial charge on any atom is 0.245 e. The van der Waals surface area contributed by atoms with Crippen LogP contribution in [0.25, 0.3) is 0 Å². The van der Waals surface area contributed by atoms with Crippen LogP contribution in [0, 0.1) is 11.8 Å². The van der Waals surface area contributed by atoms with Crippen LogP contribution in [0.2, 0.25) is 0 Å². The summed E-state index contributed by atoms with van der Waals surface area (Å²) in [7, 11) is 0. The van der Waals surface area contributed by atoms with Crippen molar-refractivity contribution in [2.45, 2.75) is 38.6 Å². The number of rotatable bonds is 2. The van der Waals surface area contributed by atoms with Crippen LogP contribution in [-0.4, -0.2) is 41.9 Å². The van der Waals surface area contributed by atoms with Crippen molar-refractivity contribution in [1.29, 1.82) is 0 Å². The van der Waals surface area contributed by atoms with Gasteiger partial charge in [0.1, 0.15) is 5.54 Å². The average molecular weight is 253 g/mol. The molecule has 2 rings (SSSR count). The van der Waals surface area contributed by atoms with Crippen LogP contribution in [0.1, 0.15) is 33.1 Å². The number of nitrogens with two attached hydrogens (primary N) is 1. The Morgan fingerprint density at radius 1 is 1.50 bits per heavy atom. The Hall–Kier alpha value is -1.10. The van der Waals surface area contributed by atoms with Gasteiger partial charge in [-0.2, -0.15) is 0 Å². The predicted molar refractivity (Wildman–Crippen MR) is 68.7 cm³/mol. The zero-order valence-corrected chi connectivity index (χ0v) is 11.2. The Kier molecular flexibility index (Phi) is 3.61. The first kappa shape index (κ1) is 13.3. The van der Waals surface area contributed by atoms with E-state index in [0.717, 1.165) is 19.3 Å². The van der Waals surface area contributed by atoms with Gasteiger partial charge < -0.3 is 16.0 Å². The van der Waals surface area contributed by atoms with E-state index in [1.54, 1.807) is 4.90 Å². The van der Waals surface area contributed by atoms with Gasteiger partial charge in [-0.05, 0) is 39.2 Å². The van der Waals surface area contributed by atoms with Gasteiger partial charge >= 0.3 is 0 Å². The Morgan fingerprint density at radius 3 is 2.89 bits per heavy atom. The lowest BCUT2D eigenvalue weighted by Crippen LogP contribution is -2.64. The number of hydrogen-bond donors (Lipinski definition) is 2. The molecule has 0 bridgehead atoms. The second-order valence-corrected chi connectivity index (χ2v) is 5.84. The lowest BCUT2D eigenvalue weighted by Gasteiger charge is -2.43. The monoisotopic (exact) mass is 253 g/mol. The van der Waals surface area contributed by atoms with Gasteiger partial charge in [0.25, 0.3) is 0 Å². The van der Waals surface area contributed by atoms with E-state index in [1.165, 1.54) is 0 Å². The first-order valence-corrected chi connectivity index (χ1v) is 6.78. The van der Waals surface area contributed by atoms with Crippen LogP contribution >= 0.6 is 0 Å². The number of hydrogen-bond acceptors (Lipinski definition) is 3. The summed E-state index contributed by atoms with van der Waals surface area (Å²) < 4.78 is 0. The second kappa shape index (κ2) is 4.88. The molecule has 1 saturated heterocycles. The molecule has 18 heavy (non-hydrogen) atoms. The highest BCUT2D eigenvalue weighted by atomic mass is 16.2. The van der Waals surface area contributed by atoms with Gasteiger partial charge in [0.05, 0.1) is 0 Å². The summed E-state index contributed by atoms with van der Waals surface area (Å²) in [6.07, 6.45) is 3.01. The molecule has 102 valence electrons. The number of nitrogens with zero attached hydrogens (tertiary/aromatic N) is 1. The Morgan fingerprint density at radius 2 is 2.22 bits per heavy atom. The maximum atomic E-state index is 12.6. The van der Waals surface area contributed by atoms with Crippen molar-refractivity contribution in [3.05, 3.63) is 0 Å². The summed E-state index contributed by atoms with van der Waals surface area (Å²) in [5.41, 5.74) is 5.00. The Bertz CT molecular complexity index is 354. The van der Waals surface area contributed by atoms with Crippen molar-refractivity contribution in [2.75, 3.05) is 19.6 Å². The van der Waals surface area contributed by atoms with Crippen LogP contribution in [-0.2, 0) is 9.59 Å². The lowest BCUT2D eigenvalue weighted by atomic mass is 9.91. The first-order valence-electron chi connectivity index (χ1n) is 6.78. The number of nitrogens with one attached hydrogen (secondary N) is 1. The molecule has 5 nitrogen and oxygen atoms in total. The van der Waals surface area contributed by atoms with E-state index in [2.05, 4.69) is 5.32 Å². The molecule has 0 unspecified atom stereocenters. The fraction of sp³-hybridized carbons (Fsp3) is 0.846. The molecule has 2 aliphatic rings. The molecule has 0 spiro atoms. The highest BCUT2D eigenvalue weighted by Gasteiger charge is 2.44. The van der Waals surface area contributed by atoms with Crippen LogP contribution in [0.5, 0.6) is 0 Å². The van der Waals surface area contributed by atoms with Gasteiger partial charge in [0.15, 0.2) is 0 Å². The number of carbonyl (C=O) groups is 2. The Balaban J connectivity index is 2.15. The maximum absolute atomic E-state index is 12.6. The van der Waals surface area contributed by atoms with E-state index in [4.69, 9.17) is 5.73 Å². The molecule has 1 saturated carbocycles. The normalized spacial score (nSPS) is 31.3. The largest absolute Gasteiger partial charge is 0.352 e. The third-order valence-corrected chi connectivity index (χ3v) is 4.40. The van der Waals surface area contributed by atoms with Crippen molar-refractivity contribution < 1.29 is 9.59 Å². The summed E-state index contributed by atoms with van der Waals surface area (Å²) in [6.45, 7) is 5.34. The molecule has 0 aromatic heterocycles. The smallest absolute Gasteiger partial charge is 0.245 e. The molecular weight excluding hydrogens is 230 g/mol. The predicted octanol–water partition coefficient (Wildman–Crippen LogP) is 0.0984. The summed E-state index contributed by atoms with van der Waals surface area (Å²) in [6, 6.07) is 0. The van der Waals surface area contributed by atoms with Crippen LogP contribution in [0.15, 0.2) is 0 Å². The van der Waals surface area contributed by atoms with Gasteiger partial charge in [-0.3, -0.25) is 9.59 Å². The van der Waals surface area contributed by atoms with Gasteiger partial charge in [-0.25, -0.2) is 0 Å². The summed E-state index contributed by atoms with van der Waals surface area (Å²) in [5.74, 6) is 0.352. The number of amides is 2. The molecule has 0 aromatic rings. The zero-order chi connectivity index (χ0) is 13.3. The molecule has 2 amide bonds. The molecule has 3 N–H and O–H groups in total. The molecule has 2 atom stereocenters. The number of piperazine rings is 1. The molecule has 0 radical (unpaired) electrons. The van der Waals surface area contributed by atoms with E-state index >= 15 is 0 Å². The van der Waals surface area contributed by atoms with Crippen molar-refractivity contribution in [1.82, 2.24) is 10.2 Å². The average Bonchev–Trinajstić information content (AvgIpc) is 2.80. The highest BCUT2D eigenvalue weighted by molar-refractivity contribution is 5.92. The molecule has 5 heteroatoms. The third-order valence-electron chi connectivity index (χ3n) is 4.40. The zero-order valence-electron chi connectivity index (χ0n) is 11.2. The fourth-order valence-corrected chi connectivity index (χ4v) is 3.13. The van der Waals surface area contributed by atoms with Gasteiger partial charge in [-0.1, -0.05) is 6.42 Å². The highest BCUT2D eigenvalue weighted by Crippen LogP contribution is 2.34. The molecular formula is C13H23N3O2. The summed E-state index contributed by atoms with van der Waals surface area (Å²) >= 11 is 0. The van der Waals surface area contributed by atoms with Crippen molar-refractivity contribution in [3.8, 4) is 0 Å². The fourth-order valence-electron chi connectivity index (χ4n) is 3.13. The molecule has 1 aliphatic heterocycles. The summed E-state index contributed by atoms with van der Waals surface area (Å²) in [4.78, 5) is 26.2. The molecule has 2 fully saturated rings. The third kappa shape index (κ3) is 2.11. The number of carbonyl (C=O) groups excluding carboxylic acids is 2. The lowest BCUT2D eigenvalue weighted by molar-refractivity contribution is -0.152. The minimum absolute atomic E-state index is 0.0141. The van der Waals surface area contributed by atoms with Crippen molar-refractivity contribution >= 4 is 11.8 Å². The first-order chi connectivity index (χ1) is 8.48. The van der Waals surface area contributed by atoms with E-state index in [1.807, 2.05) is 13.8 Å². The topological polar surface area (TPSA) is 75.4 Å². The standard InChI is InChI=1S/C13H23N3O2/c1-13(2)12(18)15-6-7-16(13)11(17)10-5-3-4-9(10)8-14/h9-10H,3-8,14H2,1-2H3,(H,15,18)/t9-,10-/m1/s1. The SMILES string of the molecule is CC1(C)C(=O)NCCN1C(=O)[C@@H]1CCC[C@@H]1CN. The Labute approximate surface area is 108 Å². The van der Waals surface area contributed by atoms with Crippen molar-refractivity contribution in [3.63, 3.8) is 0 Å². The second-order valence-electron chi connectivity index (χ2n) is 5.84. The van der Waals surface area contributed by atoms with Crippen LogP contribution < -0.4 is 11.1 Å². The van der Waals surface area contributed by atoms with Gasteiger partial charge in [-0.15, -0.1) is 0 Å². The minimum atomic E-state index is -0.739. The van der Waals surface area contributed by atoms with E-state index in [-0.39, 0.29) is 17.7 Å². The van der Waals surface area contributed by atoms with Crippen LogP contribution in [0.3, 0.4) is 0 Å². The van der Waals surface area contributed by atoms with E-state index < -0.39 is 5.54 Å². The molecule has 1 heterocycles. The summed E-state index contributed by atoms with van der Waals surface area (Å²) in [5, 5.41) is 2.82. The van der Waals surface area contributed by atoms with Crippen molar-refractivity contribution in [2.24, 2.45) is 17.6 Å². The van der Waals surface area contributed by atoms with Crippen LogP contribution in [0.4, 0.5) is 0 Å². The minimum Gasteiger partial charge on any atom is -0.352 e.